The Morgan fingerprint density at radius 2 is 1.92 bits per heavy atom. The number of hydrogen-bond donors (Lipinski definition) is 0. The summed E-state index contributed by atoms with van der Waals surface area (Å²) in [4.78, 5) is 27.3. The molecule has 0 fully saturated rings. The molecule has 2 aromatic heterocycles. The van der Waals surface area contributed by atoms with E-state index >= 15 is 0 Å². The van der Waals surface area contributed by atoms with Gasteiger partial charge in [-0.15, -0.1) is 11.3 Å². The van der Waals surface area contributed by atoms with Crippen LogP contribution >= 0.6 is 11.3 Å². The number of rotatable bonds is 5. The van der Waals surface area contributed by atoms with Crippen molar-refractivity contribution in [2.24, 2.45) is 0 Å². The Morgan fingerprint density at radius 1 is 1.16 bits per heavy atom. The van der Waals surface area contributed by atoms with E-state index in [9.17, 15) is 9.59 Å². The number of aromatic nitrogens is 1. The highest BCUT2D eigenvalue weighted by atomic mass is 32.1. The average Bonchev–Trinajstić information content (AvgIpc) is 3.06. The summed E-state index contributed by atoms with van der Waals surface area (Å²) < 4.78 is 11.5. The molecule has 0 bridgehead atoms. The van der Waals surface area contributed by atoms with Gasteiger partial charge in [-0.25, -0.2) is 4.79 Å². The van der Waals surface area contributed by atoms with Gasteiger partial charge in [-0.05, 0) is 36.8 Å². The highest BCUT2D eigenvalue weighted by molar-refractivity contribution is 7.20. The molecule has 0 unspecified atom stereocenters. The van der Waals surface area contributed by atoms with Crippen LogP contribution in [0.1, 0.15) is 22.2 Å². The first-order valence-corrected chi connectivity index (χ1v) is 8.31. The summed E-state index contributed by atoms with van der Waals surface area (Å²) in [6.45, 7) is 1.51. The van der Waals surface area contributed by atoms with E-state index in [-0.39, 0.29) is 11.8 Å². The lowest BCUT2D eigenvalue weighted by Gasteiger charge is -2.06. The molecule has 5 nitrogen and oxygen atoms in total. The molecule has 126 valence electrons. The smallest absolute Gasteiger partial charge is 0.348 e. The highest BCUT2D eigenvalue weighted by Gasteiger charge is 2.14. The molecule has 3 aromatic rings. The Kier molecular flexibility index (Phi) is 4.90. The van der Waals surface area contributed by atoms with Crippen molar-refractivity contribution in [1.29, 1.82) is 0 Å². The minimum Gasteiger partial charge on any atom is -0.465 e. The zero-order valence-electron chi connectivity index (χ0n) is 13.7. The van der Waals surface area contributed by atoms with E-state index in [1.54, 1.807) is 24.5 Å². The molecule has 1 aromatic carbocycles. The fourth-order valence-electron chi connectivity index (χ4n) is 2.21. The van der Waals surface area contributed by atoms with Gasteiger partial charge in [0, 0.05) is 11.6 Å². The first kappa shape index (κ1) is 16.9. The number of esters is 1. The second-order valence-electron chi connectivity index (χ2n) is 5.27. The number of methoxy groups -OCH3 is 1. The number of benzene rings is 1. The minimum absolute atomic E-state index is 0.00283. The third kappa shape index (κ3) is 3.92. The molecule has 0 spiro atoms. The summed E-state index contributed by atoms with van der Waals surface area (Å²) in [6.07, 6.45) is 6.56. The summed E-state index contributed by atoms with van der Waals surface area (Å²) in [5, 5.41) is 0.806. The van der Waals surface area contributed by atoms with Crippen LogP contribution in [-0.2, 0) is 9.53 Å². The van der Waals surface area contributed by atoms with Gasteiger partial charge in [0.05, 0.1) is 18.0 Å². The fraction of sp³-hybridized carbons (Fsp3) is 0.105. The van der Waals surface area contributed by atoms with E-state index in [2.05, 4.69) is 4.98 Å². The Balaban J connectivity index is 1.86. The standard InChI is InChI=1S/C19H15NO4S/c1-12(21)3-4-13-5-7-14(8-6-13)24-16-10-20-11-18-15(16)9-17(25-18)19(22)23-2/h3-11H,1-2H3/b4-3+. The van der Waals surface area contributed by atoms with Crippen LogP contribution in [0.2, 0.25) is 0 Å². The van der Waals surface area contributed by atoms with Gasteiger partial charge in [0.15, 0.2) is 11.5 Å². The van der Waals surface area contributed by atoms with Gasteiger partial charge in [-0.3, -0.25) is 9.78 Å². The molecule has 3 rings (SSSR count). The van der Waals surface area contributed by atoms with Crippen LogP contribution in [-0.4, -0.2) is 23.8 Å². The maximum atomic E-state index is 11.7. The predicted molar refractivity (Wildman–Crippen MR) is 97.2 cm³/mol. The Bertz CT molecular complexity index is 957. The van der Waals surface area contributed by atoms with Crippen molar-refractivity contribution in [2.45, 2.75) is 6.92 Å². The lowest BCUT2D eigenvalue weighted by Crippen LogP contribution is -1.96. The van der Waals surface area contributed by atoms with Crippen molar-refractivity contribution in [3.63, 3.8) is 0 Å². The molecule has 2 heterocycles. The van der Waals surface area contributed by atoms with Crippen LogP contribution in [0, 0.1) is 0 Å². The Labute approximate surface area is 148 Å². The number of pyridine rings is 1. The summed E-state index contributed by atoms with van der Waals surface area (Å²) >= 11 is 1.31. The van der Waals surface area contributed by atoms with Crippen LogP contribution in [0.4, 0.5) is 0 Å². The number of allylic oxidation sites excluding steroid dienone is 1. The molecular weight excluding hydrogens is 338 g/mol. The van der Waals surface area contributed by atoms with Gasteiger partial charge >= 0.3 is 5.97 Å². The number of thiophene rings is 1. The van der Waals surface area contributed by atoms with Gasteiger partial charge in [0.1, 0.15) is 10.6 Å². The molecule has 0 saturated heterocycles. The lowest BCUT2D eigenvalue weighted by molar-refractivity contribution is -0.112. The molecule has 0 N–H and O–H groups in total. The van der Waals surface area contributed by atoms with Crippen LogP contribution in [0.3, 0.4) is 0 Å². The van der Waals surface area contributed by atoms with Crippen molar-refractivity contribution in [1.82, 2.24) is 4.98 Å². The first-order valence-electron chi connectivity index (χ1n) is 7.49. The summed E-state index contributed by atoms with van der Waals surface area (Å²) in [6, 6.07) is 9.08. The van der Waals surface area contributed by atoms with Crippen LogP contribution in [0.5, 0.6) is 11.5 Å². The normalized spacial score (nSPS) is 11.0. The van der Waals surface area contributed by atoms with Crippen LogP contribution in [0.25, 0.3) is 16.2 Å². The van der Waals surface area contributed by atoms with E-state index in [1.807, 2.05) is 24.3 Å². The van der Waals surface area contributed by atoms with Gasteiger partial charge in [0.25, 0.3) is 0 Å². The van der Waals surface area contributed by atoms with Gasteiger partial charge in [-0.2, -0.15) is 0 Å². The van der Waals surface area contributed by atoms with E-state index in [0.717, 1.165) is 15.6 Å². The molecule has 0 aliphatic heterocycles. The number of hydrogen-bond acceptors (Lipinski definition) is 6. The van der Waals surface area contributed by atoms with Crippen LogP contribution < -0.4 is 4.74 Å². The van der Waals surface area contributed by atoms with Crippen molar-refractivity contribution < 1.29 is 19.1 Å². The number of carbonyl (C=O) groups is 2. The second-order valence-corrected chi connectivity index (χ2v) is 6.35. The zero-order chi connectivity index (χ0) is 17.8. The van der Waals surface area contributed by atoms with E-state index in [0.29, 0.717) is 16.4 Å². The third-order valence-electron chi connectivity index (χ3n) is 3.41. The number of fused-ring (bicyclic) bond motifs is 1. The maximum Gasteiger partial charge on any atom is 0.348 e. The number of ether oxygens (including phenoxy) is 2. The molecule has 0 aliphatic carbocycles. The predicted octanol–water partition coefficient (Wildman–Crippen LogP) is 4.48. The summed E-state index contributed by atoms with van der Waals surface area (Å²) in [5.74, 6) is 0.821. The molecule has 0 atom stereocenters. The molecular formula is C19H15NO4S. The van der Waals surface area contributed by atoms with Crippen molar-refractivity contribution in [3.05, 3.63) is 59.2 Å². The highest BCUT2D eigenvalue weighted by Crippen LogP contribution is 2.34. The van der Waals surface area contributed by atoms with Crippen molar-refractivity contribution >= 4 is 39.3 Å². The maximum absolute atomic E-state index is 11.7. The quantitative estimate of drug-likeness (QED) is 0.500. The lowest BCUT2D eigenvalue weighted by atomic mass is 10.2. The topological polar surface area (TPSA) is 65.5 Å². The minimum atomic E-state index is -0.381. The van der Waals surface area contributed by atoms with Gasteiger partial charge < -0.3 is 9.47 Å². The first-order chi connectivity index (χ1) is 12.1. The largest absolute Gasteiger partial charge is 0.465 e. The van der Waals surface area contributed by atoms with E-state index in [1.165, 1.54) is 31.4 Å². The molecule has 0 aliphatic rings. The fourth-order valence-corrected chi connectivity index (χ4v) is 3.17. The molecule has 25 heavy (non-hydrogen) atoms. The number of ketones is 1. The van der Waals surface area contributed by atoms with E-state index in [4.69, 9.17) is 9.47 Å². The third-order valence-corrected chi connectivity index (χ3v) is 4.46. The summed E-state index contributed by atoms with van der Waals surface area (Å²) in [5.41, 5.74) is 0.905. The monoisotopic (exact) mass is 353 g/mol. The SMILES string of the molecule is COC(=O)c1cc2c(Oc3ccc(/C=C/C(C)=O)cc3)cncc2s1. The molecule has 0 amide bonds. The molecule has 0 radical (unpaired) electrons. The number of nitrogens with zero attached hydrogens (tertiary/aromatic N) is 1. The van der Waals surface area contributed by atoms with Crippen molar-refractivity contribution in [3.8, 4) is 11.5 Å². The zero-order valence-corrected chi connectivity index (χ0v) is 14.5. The second kappa shape index (κ2) is 7.27. The van der Waals surface area contributed by atoms with Crippen molar-refractivity contribution in [2.75, 3.05) is 7.11 Å². The Morgan fingerprint density at radius 3 is 2.60 bits per heavy atom. The molecule has 6 heteroatoms. The van der Waals surface area contributed by atoms with Gasteiger partial charge in [0.2, 0.25) is 0 Å². The number of carbonyl (C=O) groups excluding carboxylic acids is 2. The molecule has 0 saturated carbocycles. The van der Waals surface area contributed by atoms with E-state index < -0.39 is 0 Å². The Hall–Kier alpha value is -2.99. The van der Waals surface area contributed by atoms with Gasteiger partial charge in [-0.1, -0.05) is 18.2 Å². The summed E-state index contributed by atoms with van der Waals surface area (Å²) in [7, 11) is 1.35. The average molecular weight is 353 g/mol. The van der Waals surface area contributed by atoms with Crippen LogP contribution in [0.15, 0.2) is 48.8 Å².